The van der Waals surface area contributed by atoms with Gasteiger partial charge in [0.2, 0.25) is 0 Å². The van der Waals surface area contributed by atoms with Crippen molar-refractivity contribution in [2.75, 3.05) is 29.9 Å². The zero-order valence-electron chi connectivity index (χ0n) is 14.7. The summed E-state index contributed by atoms with van der Waals surface area (Å²) in [5.74, 6) is 1.14. The number of furan rings is 1. The molecular weight excluding hydrogens is 318 g/mol. The number of urea groups is 1. The molecule has 0 unspecified atom stereocenters. The largest absolute Gasteiger partial charge is 0.466 e. The lowest BCUT2D eigenvalue weighted by molar-refractivity contribution is 0.0372. The number of rotatable bonds is 5. The van der Waals surface area contributed by atoms with Crippen molar-refractivity contribution < 1.29 is 14.3 Å². The van der Waals surface area contributed by atoms with Crippen LogP contribution in [0.1, 0.15) is 26.0 Å². The number of aliphatic hydroxyl groups is 1. The molecule has 0 bridgehead atoms. The summed E-state index contributed by atoms with van der Waals surface area (Å²) in [6.45, 7) is 6.07. The third-order valence-electron chi connectivity index (χ3n) is 4.56. The van der Waals surface area contributed by atoms with Gasteiger partial charge in [0, 0.05) is 24.5 Å². The van der Waals surface area contributed by atoms with E-state index in [9.17, 15) is 9.90 Å². The van der Waals surface area contributed by atoms with Crippen LogP contribution in [0.5, 0.6) is 0 Å². The monoisotopic (exact) mass is 343 g/mol. The van der Waals surface area contributed by atoms with Crippen LogP contribution in [0.4, 0.5) is 16.2 Å². The van der Waals surface area contributed by atoms with E-state index in [1.807, 2.05) is 24.3 Å². The van der Waals surface area contributed by atoms with E-state index in [2.05, 4.69) is 22.5 Å². The standard InChI is InChI=1S/C19H25N3O3/c1-14-9-10-22(12-14)16-7-5-15(6-8-16)21-18(23)20-13-19(2,24)17-4-3-11-25-17/h3-8,11,14,24H,9-10,12-13H2,1-2H3,(H2,20,21,23)/t14-,19-/m1/s1. The summed E-state index contributed by atoms with van der Waals surface area (Å²) in [7, 11) is 0. The lowest BCUT2D eigenvalue weighted by atomic mass is 10.0. The number of hydrogen-bond donors (Lipinski definition) is 3. The van der Waals surface area contributed by atoms with Gasteiger partial charge >= 0.3 is 6.03 Å². The Labute approximate surface area is 147 Å². The molecule has 6 heteroatoms. The quantitative estimate of drug-likeness (QED) is 0.779. The highest BCUT2D eigenvalue weighted by molar-refractivity contribution is 5.89. The second-order valence-electron chi connectivity index (χ2n) is 6.95. The van der Waals surface area contributed by atoms with E-state index in [0.717, 1.165) is 19.0 Å². The number of hydrogen-bond acceptors (Lipinski definition) is 4. The van der Waals surface area contributed by atoms with Crippen LogP contribution in [0.25, 0.3) is 0 Å². The SMILES string of the molecule is C[C@@H]1CCN(c2ccc(NC(=O)NC[C@@](C)(O)c3ccco3)cc2)C1. The van der Waals surface area contributed by atoms with Gasteiger partial charge in [0.25, 0.3) is 0 Å². The van der Waals surface area contributed by atoms with E-state index in [1.54, 1.807) is 19.1 Å². The van der Waals surface area contributed by atoms with Crippen LogP contribution in [-0.2, 0) is 5.60 Å². The summed E-state index contributed by atoms with van der Waals surface area (Å²) in [6.07, 6.45) is 2.71. The molecule has 1 fully saturated rings. The molecule has 1 aliphatic heterocycles. The number of anilines is 2. The minimum Gasteiger partial charge on any atom is -0.466 e. The number of carbonyl (C=O) groups excluding carboxylic acids is 1. The van der Waals surface area contributed by atoms with E-state index in [4.69, 9.17) is 4.42 Å². The zero-order valence-corrected chi connectivity index (χ0v) is 14.7. The molecule has 2 heterocycles. The van der Waals surface area contributed by atoms with E-state index in [-0.39, 0.29) is 12.6 Å². The van der Waals surface area contributed by atoms with Crippen molar-refractivity contribution in [1.29, 1.82) is 0 Å². The normalized spacial score (nSPS) is 19.5. The maximum atomic E-state index is 12.0. The third-order valence-corrected chi connectivity index (χ3v) is 4.56. The van der Waals surface area contributed by atoms with Crippen LogP contribution in [0.2, 0.25) is 0 Å². The van der Waals surface area contributed by atoms with Crippen LogP contribution < -0.4 is 15.5 Å². The van der Waals surface area contributed by atoms with Crippen LogP contribution >= 0.6 is 0 Å². The summed E-state index contributed by atoms with van der Waals surface area (Å²) >= 11 is 0. The van der Waals surface area contributed by atoms with Gasteiger partial charge < -0.3 is 25.1 Å². The molecular formula is C19H25N3O3. The van der Waals surface area contributed by atoms with Crippen molar-refractivity contribution >= 4 is 17.4 Å². The summed E-state index contributed by atoms with van der Waals surface area (Å²) < 4.78 is 5.19. The summed E-state index contributed by atoms with van der Waals surface area (Å²) in [5, 5.41) is 15.8. The van der Waals surface area contributed by atoms with Gasteiger partial charge in [-0.05, 0) is 55.7 Å². The van der Waals surface area contributed by atoms with Crippen molar-refractivity contribution in [3.63, 3.8) is 0 Å². The van der Waals surface area contributed by atoms with E-state index >= 15 is 0 Å². The molecule has 3 rings (SSSR count). The zero-order chi connectivity index (χ0) is 17.9. The second kappa shape index (κ2) is 7.19. The molecule has 6 nitrogen and oxygen atoms in total. The highest BCUT2D eigenvalue weighted by atomic mass is 16.4. The molecule has 1 aliphatic rings. The number of carbonyl (C=O) groups is 1. The Morgan fingerprint density at radius 1 is 1.36 bits per heavy atom. The van der Waals surface area contributed by atoms with Crippen molar-refractivity contribution in [3.8, 4) is 0 Å². The second-order valence-corrected chi connectivity index (χ2v) is 6.95. The Morgan fingerprint density at radius 2 is 2.12 bits per heavy atom. The van der Waals surface area contributed by atoms with Crippen LogP contribution in [0.3, 0.4) is 0 Å². The predicted molar refractivity (Wildman–Crippen MR) is 97.7 cm³/mol. The van der Waals surface area contributed by atoms with Crippen LogP contribution in [-0.4, -0.2) is 30.8 Å². The van der Waals surface area contributed by atoms with Gasteiger partial charge in [0.1, 0.15) is 11.4 Å². The molecule has 2 aromatic rings. The minimum atomic E-state index is -1.25. The van der Waals surface area contributed by atoms with Gasteiger partial charge in [-0.3, -0.25) is 0 Å². The molecule has 1 saturated heterocycles. The van der Waals surface area contributed by atoms with Gasteiger partial charge in [-0.15, -0.1) is 0 Å². The fraction of sp³-hybridized carbons (Fsp3) is 0.421. The lowest BCUT2D eigenvalue weighted by Crippen LogP contribution is -2.40. The Bertz CT molecular complexity index is 695. The van der Waals surface area contributed by atoms with E-state index in [1.165, 1.54) is 18.4 Å². The number of nitrogens with one attached hydrogen (secondary N) is 2. The summed E-state index contributed by atoms with van der Waals surface area (Å²) in [5.41, 5.74) is 0.638. The Kier molecular flexibility index (Phi) is 4.99. The topological polar surface area (TPSA) is 77.7 Å². The first kappa shape index (κ1) is 17.4. The van der Waals surface area contributed by atoms with Crippen molar-refractivity contribution in [3.05, 3.63) is 48.4 Å². The molecule has 134 valence electrons. The van der Waals surface area contributed by atoms with Crippen molar-refractivity contribution in [2.24, 2.45) is 5.92 Å². The summed E-state index contributed by atoms with van der Waals surface area (Å²) in [4.78, 5) is 14.4. The minimum absolute atomic E-state index is 0.0517. The molecule has 3 N–H and O–H groups in total. The highest BCUT2D eigenvalue weighted by Crippen LogP contribution is 2.25. The van der Waals surface area contributed by atoms with Gasteiger partial charge in [-0.1, -0.05) is 6.92 Å². The highest BCUT2D eigenvalue weighted by Gasteiger charge is 2.26. The summed E-state index contributed by atoms with van der Waals surface area (Å²) in [6, 6.07) is 10.8. The fourth-order valence-corrected chi connectivity index (χ4v) is 3.02. The van der Waals surface area contributed by atoms with Gasteiger partial charge in [0.15, 0.2) is 0 Å². The smallest absolute Gasteiger partial charge is 0.319 e. The number of nitrogens with zero attached hydrogens (tertiary/aromatic N) is 1. The van der Waals surface area contributed by atoms with Crippen LogP contribution in [0, 0.1) is 5.92 Å². The molecule has 2 amide bonds. The Morgan fingerprint density at radius 3 is 2.72 bits per heavy atom. The third kappa shape index (κ3) is 4.33. The molecule has 0 saturated carbocycles. The van der Waals surface area contributed by atoms with Crippen molar-refractivity contribution in [2.45, 2.75) is 25.9 Å². The molecule has 0 aliphatic carbocycles. The fourth-order valence-electron chi connectivity index (χ4n) is 3.02. The average molecular weight is 343 g/mol. The average Bonchev–Trinajstić information content (AvgIpc) is 3.26. The Balaban J connectivity index is 1.51. The molecule has 0 spiro atoms. The van der Waals surface area contributed by atoms with E-state index < -0.39 is 5.60 Å². The van der Waals surface area contributed by atoms with Gasteiger partial charge in [-0.25, -0.2) is 4.79 Å². The molecule has 1 aromatic heterocycles. The van der Waals surface area contributed by atoms with Gasteiger partial charge in [-0.2, -0.15) is 0 Å². The molecule has 0 radical (unpaired) electrons. The molecule has 1 aromatic carbocycles. The van der Waals surface area contributed by atoms with Gasteiger partial charge in [0.05, 0.1) is 12.8 Å². The maximum absolute atomic E-state index is 12.0. The first-order valence-electron chi connectivity index (χ1n) is 8.60. The van der Waals surface area contributed by atoms with E-state index in [0.29, 0.717) is 11.4 Å². The predicted octanol–water partition coefficient (Wildman–Crippen LogP) is 3.16. The number of amides is 2. The maximum Gasteiger partial charge on any atom is 0.319 e. The Hall–Kier alpha value is -2.47. The molecule has 2 atom stereocenters. The van der Waals surface area contributed by atoms with Crippen LogP contribution in [0.15, 0.2) is 47.1 Å². The number of benzene rings is 1. The lowest BCUT2D eigenvalue weighted by Gasteiger charge is -2.21. The van der Waals surface area contributed by atoms with Crippen molar-refractivity contribution in [1.82, 2.24) is 5.32 Å². The molecule has 25 heavy (non-hydrogen) atoms. The first-order chi connectivity index (χ1) is 11.9. The first-order valence-corrected chi connectivity index (χ1v) is 8.60.